The van der Waals surface area contributed by atoms with Gasteiger partial charge in [-0.3, -0.25) is 24.2 Å². The van der Waals surface area contributed by atoms with E-state index in [4.69, 9.17) is 4.74 Å². The highest BCUT2D eigenvalue weighted by atomic mass is 19.4. The van der Waals surface area contributed by atoms with Gasteiger partial charge in [-0.2, -0.15) is 18.3 Å². The fourth-order valence-electron chi connectivity index (χ4n) is 3.71. The number of hydrogen-bond acceptors (Lipinski definition) is 6. The molecule has 0 aliphatic rings. The van der Waals surface area contributed by atoms with Gasteiger partial charge in [0.25, 0.3) is 0 Å². The van der Waals surface area contributed by atoms with E-state index >= 15 is 0 Å². The molecule has 0 saturated heterocycles. The zero-order chi connectivity index (χ0) is 26.6. The minimum atomic E-state index is -4.52. The highest BCUT2D eigenvalue weighted by Gasteiger charge is 2.33. The number of aromatic nitrogens is 4. The summed E-state index contributed by atoms with van der Waals surface area (Å²) in [4.78, 5) is 36.8. The lowest BCUT2D eigenvalue weighted by atomic mass is 10.1. The maximum atomic E-state index is 13.3. The van der Waals surface area contributed by atoms with Crippen molar-refractivity contribution in [3.63, 3.8) is 0 Å². The molecule has 2 heterocycles. The Morgan fingerprint density at radius 2 is 1.92 bits per heavy atom. The van der Waals surface area contributed by atoms with Gasteiger partial charge < -0.3 is 4.74 Å². The van der Waals surface area contributed by atoms with Crippen molar-refractivity contribution in [2.45, 2.75) is 45.8 Å². The Kier molecular flexibility index (Phi) is 7.93. The molecule has 3 aromatic rings. The van der Waals surface area contributed by atoms with Crippen LogP contribution >= 0.6 is 0 Å². The SMILES string of the molecule is CCCn1c(C=Cc2cnn(Cc3ccccc3C(F)(F)F)c2)c([N+](=O)[O-])c(=O)n(C(C)OC)c1=O. The Morgan fingerprint density at radius 1 is 1.22 bits per heavy atom. The summed E-state index contributed by atoms with van der Waals surface area (Å²) in [5, 5.41) is 15.9. The van der Waals surface area contributed by atoms with Crippen LogP contribution in [0.1, 0.15) is 48.9 Å². The predicted molar refractivity (Wildman–Crippen MR) is 125 cm³/mol. The number of halogens is 3. The van der Waals surface area contributed by atoms with Crippen LogP contribution in [-0.4, -0.2) is 30.9 Å². The first kappa shape index (κ1) is 26.6. The van der Waals surface area contributed by atoms with Crippen LogP contribution < -0.4 is 11.2 Å². The van der Waals surface area contributed by atoms with Crippen LogP contribution in [-0.2, 0) is 24.0 Å². The molecule has 0 N–H and O–H groups in total. The standard InChI is InChI=1S/C23H24F3N5O5/c1-4-11-29-19(20(31(34)35)21(32)30(22(29)33)15(2)36-3)10-9-16-12-27-28(13-16)14-17-7-5-6-8-18(17)23(24,25)26/h5-10,12-13,15H,4,11,14H2,1-3H3. The third kappa shape index (κ3) is 5.46. The Bertz CT molecular complexity index is 1400. The number of hydrogen-bond donors (Lipinski definition) is 0. The summed E-state index contributed by atoms with van der Waals surface area (Å²) in [6.07, 6.45) is 0.367. The lowest BCUT2D eigenvalue weighted by Gasteiger charge is -2.16. The number of benzene rings is 1. The number of rotatable bonds is 9. The van der Waals surface area contributed by atoms with Crippen LogP contribution in [0.25, 0.3) is 12.2 Å². The van der Waals surface area contributed by atoms with Crippen molar-refractivity contribution in [3.05, 3.63) is 90.0 Å². The monoisotopic (exact) mass is 507 g/mol. The van der Waals surface area contributed by atoms with Gasteiger partial charge in [0.2, 0.25) is 0 Å². The minimum Gasteiger partial charge on any atom is -0.361 e. The van der Waals surface area contributed by atoms with Crippen LogP contribution in [0.4, 0.5) is 18.9 Å². The fraction of sp³-hybridized carbons (Fsp3) is 0.348. The predicted octanol–water partition coefficient (Wildman–Crippen LogP) is 3.93. The topological polar surface area (TPSA) is 114 Å². The molecular formula is C23H24F3N5O5. The van der Waals surface area contributed by atoms with Gasteiger partial charge in [0, 0.05) is 25.4 Å². The number of nitrogens with zero attached hydrogens (tertiary/aromatic N) is 5. The molecule has 0 saturated carbocycles. The molecule has 3 rings (SSSR count). The first-order chi connectivity index (χ1) is 17.0. The number of nitro groups is 1. The normalized spacial score (nSPS) is 12.8. The molecule has 0 bridgehead atoms. The molecule has 10 nitrogen and oxygen atoms in total. The Balaban J connectivity index is 2.04. The zero-order valence-corrected chi connectivity index (χ0v) is 19.7. The molecule has 0 fully saturated rings. The zero-order valence-electron chi connectivity index (χ0n) is 19.7. The van der Waals surface area contributed by atoms with Crippen molar-refractivity contribution in [2.24, 2.45) is 0 Å². The average molecular weight is 507 g/mol. The molecule has 0 aliphatic heterocycles. The van der Waals surface area contributed by atoms with Gasteiger partial charge in [-0.05, 0) is 37.1 Å². The molecule has 1 unspecified atom stereocenters. The van der Waals surface area contributed by atoms with Gasteiger partial charge in [-0.1, -0.05) is 25.1 Å². The Morgan fingerprint density at radius 3 is 2.53 bits per heavy atom. The summed E-state index contributed by atoms with van der Waals surface area (Å²) < 4.78 is 48.0. The molecule has 0 amide bonds. The van der Waals surface area contributed by atoms with E-state index in [0.29, 0.717) is 16.6 Å². The van der Waals surface area contributed by atoms with E-state index in [2.05, 4.69) is 5.10 Å². The highest BCUT2D eigenvalue weighted by molar-refractivity contribution is 5.71. The molecule has 2 aromatic heterocycles. The summed E-state index contributed by atoms with van der Waals surface area (Å²) >= 11 is 0. The maximum Gasteiger partial charge on any atom is 0.416 e. The molecule has 0 spiro atoms. The van der Waals surface area contributed by atoms with Gasteiger partial charge in [-0.15, -0.1) is 0 Å². The molecule has 1 atom stereocenters. The maximum absolute atomic E-state index is 13.3. The summed E-state index contributed by atoms with van der Waals surface area (Å²) in [6.45, 7) is 3.13. The van der Waals surface area contributed by atoms with E-state index < -0.39 is 39.8 Å². The minimum absolute atomic E-state index is 0.0203. The van der Waals surface area contributed by atoms with E-state index in [9.17, 15) is 32.9 Å². The molecule has 1 aromatic carbocycles. The molecule has 36 heavy (non-hydrogen) atoms. The summed E-state index contributed by atoms with van der Waals surface area (Å²) in [5.41, 5.74) is -3.22. The molecular weight excluding hydrogens is 483 g/mol. The van der Waals surface area contributed by atoms with Gasteiger partial charge in [0.15, 0.2) is 0 Å². The summed E-state index contributed by atoms with van der Waals surface area (Å²) in [5.74, 6) is 0. The highest BCUT2D eigenvalue weighted by Crippen LogP contribution is 2.32. The molecule has 13 heteroatoms. The van der Waals surface area contributed by atoms with Gasteiger partial charge >= 0.3 is 23.1 Å². The van der Waals surface area contributed by atoms with Crippen LogP contribution in [0.2, 0.25) is 0 Å². The quantitative estimate of drug-likeness (QED) is 0.320. The first-order valence-electron chi connectivity index (χ1n) is 10.9. The second-order valence-corrected chi connectivity index (χ2v) is 7.89. The second-order valence-electron chi connectivity index (χ2n) is 7.89. The van der Waals surface area contributed by atoms with Gasteiger partial charge in [-0.25, -0.2) is 9.36 Å². The van der Waals surface area contributed by atoms with Crippen LogP contribution in [0.15, 0.2) is 46.2 Å². The lowest BCUT2D eigenvalue weighted by molar-refractivity contribution is -0.387. The summed E-state index contributed by atoms with van der Waals surface area (Å²) in [6, 6.07) is 5.13. The van der Waals surface area contributed by atoms with Crippen molar-refractivity contribution in [2.75, 3.05) is 7.11 Å². The van der Waals surface area contributed by atoms with Crippen molar-refractivity contribution in [1.29, 1.82) is 0 Å². The van der Waals surface area contributed by atoms with E-state index in [0.717, 1.165) is 10.6 Å². The van der Waals surface area contributed by atoms with Crippen LogP contribution in [0.5, 0.6) is 0 Å². The molecule has 192 valence electrons. The van der Waals surface area contributed by atoms with Crippen molar-refractivity contribution in [3.8, 4) is 0 Å². The van der Waals surface area contributed by atoms with Crippen LogP contribution in [0.3, 0.4) is 0 Å². The third-order valence-electron chi connectivity index (χ3n) is 5.47. The van der Waals surface area contributed by atoms with Crippen molar-refractivity contribution in [1.82, 2.24) is 18.9 Å². The number of ether oxygens (including phenoxy) is 1. The molecule has 0 aliphatic carbocycles. The van der Waals surface area contributed by atoms with E-state index in [1.165, 1.54) is 61.5 Å². The number of alkyl halides is 3. The molecule has 0 radical (unpaired) electrons. The average Bonchev–Trinajstić information content (AvgIpc) is 3.26. The van der Waals surface area contributed by atoms with Gasteiger partial charge in [0.1, 0.15) is 11.9 Å². The Labute approximate surface area is 203 Å². The second kappa shape index (κ2) is 10.7. The van der Waals surface area contributed by atoms with Crippen molar-refractivity contribution >= 4 is 17.8 Å². The van der Waals surface area contributed by atoms with Crippen LogP contribution in [0, 0.1) is 10.1 Å². The van der Waals surface area contributed by atoms with Gasteiger partial charge in [0.05, 0.1) is 23.2 Å². The summed E-state index contributed by atoms with van der Waals surface area (Å²) in [7, 11) is 1.27. The largest absolute Gasteiger partial charge is 0.416 e. The fourth-order valence-corrected chi connectivity index (χ4v) is 3.71. The van der Waals surface area contributed by atoms with Crippen molar-refractivity contribution < 1.29 is 22.8 Å². The number of methoxy groups -OCH3 is 1. The smallest absolute Gasteiger partial charge is 0.361 e. The third-order valence-corrected chi connectivity index (χ3v) is 5.47. The first-order valence-corrected chi connectivity index (χ1v) is 10.9. The lowest BCUT2D eigenvalue weighted by Crippen LogP contribution is -2.44. The Hall–Kier alpha value is -4.00. The van der Waals surface area contributed by atoms with E-state index in [-0.39, 0.29) is 24.3 Å². The van der Waals surface area contributed by atoms with E-state index in [1.807, 2.05) is 0 Å². The van der Waals surface area contributed by atoms with E-state index in [1.54, 1.807) is 6.92 Å².